The van der Waals surface area contributed by atoms with Crippen molar-refractivity contribution in [3.63, 3.8) is 0 Å². The number of carbonyl (C=O) groups is 2. The van der Waals surface area contributed by atoms with Gasteiger partial charge in [-0.2, -0.15) is 17.5 Å². The predicted molar refractivity (Wildman–Crippen MR) is 153 cm³/mol. The van der Waals surface area contributed by atoms with E-state index in [2.05, 4.69) is 25.8 Å². The van der Waals surface area contributed by atoms with Crippen LogP contribution in [0.15, 0.2) is 70.2 Å². The first-order valence-electron chi connectivity index (χ1n) is 12.8. The van der Waals surface area contributed by atoms with E-state index in [0.29, 0.717) is 18.2 Å². The van der Waals surface area contributed by atoms with Crippen LogP contribution in [0.4, 0.5) is 18.3 Å². The number of rotatable bonds is 10. The Morgan fingerprint density at radius 2 is 1.79 bits per heavy atom. The van der Waals surface area contributed by atoms with Crippen molar-refractivity contribution in [3.8, 4) is 5.69 Å². The standard InChI is InChI=1S/C26H24F3N7O4S3/c27-26(28,29)18-4-3-5-19(14-18)36-21(33-34-25(36)42-16-22(37)32-24-30-10-13-41-24)15-31-23(38)17-6-8-20(9-7-17)43(39,40)35-11-1-2-12-35/h3-10,13-14H,1-2,11-12,15-16H2,(H,31,38)(H,30,32,37). The summed E-state index contributed by atoms with van der Waals surface area (Å²) in [5.74, 6) is -0.969. The maximum absolute atomic E-state index is 13.5. The molecular formula is C26H24F3N7O4S3. The third-order valence-electron chi connectivity index (χ3n) is 6.37. The number of halogens is 3. The second-order valence-electron chi connectivity index (χ2n) is 9.27. The molecule has 0 aliphatic carbocycles. The summed E-state index contributed by atoms with van der Waals surface area (Å²) >= 11 is 2.18. The van der Waals surface area contributed by atoms with Crippen molar-refractivity contribution in [3.05, 3.63) is 77.1 Å². The zero-order valence-electron chi connectivity index (χ0n) is 22.2. The van der Waals surface area contributed by atoms with Crippen molar-refractivity contribution in [2.24, 2.45) is 0 Å². The second kappa shape index (κ2) is 12.8. The summed E-state index contributed by atoms with van der Waals surface area (Å²) in [5, 5.41) is 15.6. The van der Waals surface area contributed by atoms with Crippen LogP contribution in [0.1, 0.15) is 34.6 Å². The van der Waals surface area contributed by atoms with Crippen LogP contribution in [0.2, 0.25) is 0 Å². The highest BCUT2D eigenvalue weighted by molar-refractivity contribution is 7.99. The number of alkyl halides is 3. The monoisotopic (exact) mass is 651 g/mol. The van der Waals surface area contributed by atoms with E-state index in [9.17, 15) is 31.2 Å². The number of thiazole rings is 1. The van der Waals surface area contributed by atoms with Crippen LogP contribution in [0.25, 0.3) is 5.69 Å². The molecule has 43 heavy (non-hydrogen) atoms. The van der Waals surface area contributed by atoms with Gasteiger partial charge in [-0.15, -0.1) is 21.5 Å². The Hall–Kier alpha value is -3.80. The Kier molecular flexibility index (Phi) is 9.14. The predicted octanol–water partition coefficient (Wildman–Crippen LogP) is 4.19. The van der Waals surface area contributed by atoms with E-state index in [1.807, 2.05) is 0 Å². The molecule has 226 valence electrons. The van der Waals surface area contributed by atoms with Crippen LogP contribution in [-0.4, -0.2) is 63.1 Å². The number of nitrogens with zero attached hydrogens (tertiary/aromatic N) is 5. The number of amides is 2. The number of sulfonamides is 1. The molecule has 2 aromatic heterocycles. The molecule has 1 saturated heterocycles. The van der Waals surface area contributed by atoms with E-state index in [1.54, 1.807) is 5.38 Å². The lowest BCUT2D eigenvalue weighted by Crippen LogP contribution is -2.28. The fourth-order valence-electron chi connectivity index (χ4n) is 4.28. The number of nitrogens with one attached hydrogen (secondary N) is 2. The molecule has 2 amide bonds. The van der Waals surface area contributed by atoms with Crippen molar-refractivity contribution >= 4 is 50.1 Å². The lowest BCUT2D eigenvalue weighted by molar-refractivity contribution is -0.137. The number of hydrogen-bond donors (Lipinski definition) is 2. The quantitative estimate of drug-likeness (QED) is 0.244. The van der Waals surface area contributed by atoms with E-state index in [4.69, 9.17) is 0 Å². The van der Waals surface area contributed by atoms with Gasteiger partial charge in [0, 0.05) is 30.2 Å². The molecule has 4 aromatic rings. The molecule has 1 aliphatic rings. The third-order valence-corrected chi connectivity index (χ3v) is 9.90. The SMILES string of the molecule is O=C(CSc1nnc(CNC(=O)c2ccc(S(=O)(=O)N3CCCC3)cc2)n1-c1cccc(C(F)(F)F)c1)Nc1nccs1. The number of aromatic nitrogens is 4. The van der Waals surface area contributed by atoms with Crippen LogP contribution in [-0.2, 0) is 27.5 Å². The number of carbonyl (C=O) groups excluding carboxylic acids is 2. The molecule has 0 atom stereocenters. The fraction of sp³-hybridized carbons (Fsp3) is 0.269. The zero-order chi connectivity index (χ0) is 30.6. The smallest absolute Gasteiger partial charge is 0.345 e. The first-order valence-corrected chi connectivity index (χ1v) is 16.2. The van der Waals surface area contributed by atoms with E-state index < -0.39 is 33.6 Å². The molecule has 0 radical (unpaired) electrons. The Morgan fingerprint density at radius 1 is 1.05 bits per heavy atom. The Balaban J connectivity index is 1.33. The summed E-state index contributed by atoms with van der Waals surface area (Å²) in [6.45, 7) is 0.684. The van der Waals surface area contributed by atoms with Gasteiger partial charge in [0.1, 0.15) is 0 Å². The maximum Gasteiger partial charge on any atom is 0.416 e. The summed E-state index contributed by atoms with van der Waals surface area (Å²) in [5.41, 5.74) is -0.627. The molecule has 1 fully saturated rings. The highest BCUT2D eigenvalue weighted by Crippen LogP contribution is 2.32. The minimum absolute atomic E-state index is 0.0794. The first-order chi connectivity index (χ1) is 20.5. The second-order valence-corrected chi connectivity index (χ2v) is 13.0. The van der Waals surface area contributed by atoms with Crippen LogP contribution in [0.3, 0.4) is 0 Å². The van der Waals surface area contributed by atoms with Crippen LogP contribution in [0.5, 0.6) is 0 Å². The highest BCUT2D eigenvalue weighted by Gasteiger charge is 2.31. The topological polar surface area (TPSA) is 139 Å². The molecule has 1 aliphatic heterocycles. The van der Waals surface area contributed by atoms with Crippen molar-refractivity contribution in [1.29, 1.82) is 0 Å². The van der Waals surface area contributed by atoms with Crippen LogP contribution >= 0.6 is 23.1 Å². The molecule has 0 saturated carbocycles. The van der Waals surface area contributed by atoms with Gasteiger partial charge in [-0.1, -0.05) is 17.8 Å². The number of hydrogen-bond acceptors (Lipinski definition) is 9. The molecule has 11 nitrogen and oxygen atoms in total. The Morgan fingerprint density at radius 3 is 2.47 bits per heavy atom. The number of benzene rings is 2. The largest absolute Gasteiger partial charge is 0.416 e. The maximum atomic E-state index is 13.5. The van der Waals surface area contributed by atoms with Gasteiger partial charge in [0.25, 0.3) is 5.91 Å². The van der Waals surface area contributed by atoms with Gasteiger partial charge >= 0.3 is 6.18 Å². The van der Waals surface area contributed by atoms with Gasteiger partial charge in [0.15, 0.2) is 16.1 Å². The van der Waals surface area contributed by atoms with Gasteiger partial charge in [-0.05, 0) is 55.3 Å². The van der Waals surface area contributed by atoms with Crippen molar-refractivity contribution < 1.29 is 31.2 Å². The van der Waals surface area contributed by atoms with Gasteiger partial charge in [-0.25, -0.2) is 13.4 Å². The lowest BCUT2D eigenvalue weighted by Gasteiger charge is -2.15. The third kappa shape index (κ3) is 7.23. The summed E-state index contributed by atoms with van der Waals surface area (Å²) < 4.78 is 68.7. The molecule has 0 spiro atoms. The average Bonchev–Trinajstić information content (AvgIpc) is 3.77. The summed E-state index contributed by atoms with van der Waals surface area (Å²) in [6, 6.07) is 10.0. The lowest BCUT2D eigenvalue weighted by atomic mass is 10.2. The average molecular weight is 652 g/mol. The minimum atomic E-state index is -4.60. The molecule has 0 unspecified atom stereocenters. The van der Waals surface area contributed by atoms with Crippen LogP contribution < -0.4 is 10.6 Å². The summed E-state index contributed by atoms with van der Waals surface area (Å²) in [7, 11) is -3.64. The van der Waals surface area contributed by atoms with E-state index in [0.717, 1.165) is 36.7 Å². The summed E-state index contributed by atoms with van der Waals surface area (Å²) in [4.78, 5) is 29.3. The number of anilines is 1. The molecule has 2 aromatic carbocycles. The Labute approximate surface area is 252 Å². The van der Waals surface area contributed by atoms with Crippen molar-refractivity contribution in [2.45, 2.75) is 35.6 Å². The van der Waals surface area contributed by atoms with Crippen molar-refractivity contribution in [2.75, 3.05) is 24.2 Å². The highest BCUT2D eigenvalue weighted by atomic mass is 32.2. The molecule has 0 bridgehead atoms. The van der Waals surface area contributed by atoms with E-state index in [1.165, 1.54) is 62.8 Å². The fourth-order valence-corrected chi connectivity index (χ4v) is 7.11. The summed E-state index contributed by atoms with van der Waals surface area (Å²) in [6.07, 6.45) is -1.48. The van der Waals surface area contributed by atoms with Gasteiger partial charge in [0.2, 0.25) is 15.9 Å². The normalized spacial score (nSPS) is 14.1. The van der Waals surface area contributed by atoms with Gasteiger partial charge < -0.3 is 10.6 Å². The molecule has 2 N–H and O–H groups in total. The first kappa shape index (κ1) is 30.7. The van der Waals surface area contributed by atoms with E-state index >= 15 is 0 Å². The van der Waals surface area contributed by atoms with Crippen LogP contribution in [0, 0.1) is 0 Å². The van der Waals surface area contributed by atoms with Gasteiger partial charge in [0.05, 0.1) is 28.4 Å². The molecular weight excluding hydrogens is 628 g/mol. The van der Waals surface area contributed by atoms with Crippen molar-refractivity contribution in [1.82, 2.24) is 29.4 Å². The Bertz CT molecular complexity index is 1700. The van der Waals surface area contributed by atoms with Gasteiger partial charge in [-0.3, -0.25) is 14.2 Å². The molecule has 5 rings (SSSR count). The zero-order valence-corrected chi connectivity index (χ0v) is 24.7. The van der Waals surface area contributed by atoms with E-state index in [-0.39, 0.29) is 39.4 Å². The molecule has 3 heterocycles. The number of thioether (sulfide) groups is 1. The molecule has 17 heteroatoms. The minimum Gasteiger partial charge on any atom is -0.345 e.